The van der Waals surface area contributed by atoms with Gasteiger partial charge in [0.2, 0.25) is 5.89 Å². The molecule has 3 aromatic rings. The molecule has 6 heteroatoms. The van der Waals surface area contributed by atoms with Crippen LogP contribution in [0.25, 0.3) is 0 Å². The number of aromatic nitrogens is 3. The second-order valence-electron chi connectivity index (χ2n) is 6.43. The highest BCUT2D eigenvalue weighted by atomic mass is 16.4. The average Bonchev–Trinajstić information content (AvgIpc) is 3.17. The molecule has 0 saturated carbocycles. The maximum Gasteiger partial charge on any atom is 0.274 e. The number of carbonyl (C=O) groups is 1. The number of amides is 1. The van der Waals surface area contributed by atoms with E-state index in [-0.39, 0.29) is 11.9 Å². The summed E-state index contributed by atoms with van der Waals surface area (Å²) < 4.78 is 6.00. The molecular formula is C20H20N4O2. The van der Waals surface area contributed by atoms with Gasteiger partial charge in [0, 0.05) is 25.4 Å². The average molecular weight is 348 g/mol. The molecule has 0 spiro atoms. The van der Waals surface area contributed by atoms with E-state index in [0.717, 1.165) is 25.0 Å². The molecule has 6 nitrogen and oxygen atoms in total. The van der Waals surface area contributed by atoms with Gasteiger partial charge in [0.25, 0.3) is 5.91 Å². The molecule has 0 unspecified atom stereocenters. The molecule has 1 atom stereocenters. The molecule has 1 amide bonds. The lowest BCUT2D eigenvalue weighted by molar-refractivity contribution is 0.0563. The van der Waals surface area contributed by atoms with Gasteiger partial charge in [-0.1, -0.05) is 30.3 Å². The molecule has 1 saturated heterocycles. The summed E-state index contributed by atoms with van der Waals surface area (Å²) in [5, 5.41) is 0. The SMILES string of the molecule is O=C(c1cnccn1)N1CCCC[C@H]1c1ncc(Cc2ccccc2)o1. The lowest BCUT2D eigenvalue weighted by atomic mass is 10.0. The summed E-state index contributed by atoms with van der Waals surface area (Å²) in [4.78, 5) is 27.3. The van der Waals surface area contributed by atoms with Crippen molar-refractivity contribution in [1.82, 2.24) is 19.9 Å². The first-order valence-corrected chi connectivity index (χ1v) is 8.87. The van der Waals surface area contributed by atoms with Crippen LogP contribution in [0.15, 0.2) is 59.5 Å². The van der Waals surface area contributed by atoms with Gasteiger partial charge in [0.15, 0.2) is 0 Å². The van der Waals surface area contributed by atoms with Crippen LogP contribution in [0.2, 0.25) is 0 Å². The predicted molar refractivity (Wildman–Crippen MR) is 95.4 cm³/mol. The van der Waals surface area contributed by atoms with Crippen molar-refractivity contribution < 1.29 is 9.21 Å². The van der Waals surface area contributed by atoms with Gasteiger partial charge in [0.1, 0.15) is 17.5 Å². The Kier molecular flexibility index (Phi) is 4.73. The molecule has 1 aromatic carbocycles. The van der Waals surface area contributed by atoms with Crippen molar-refractivity contribution in [2.75, 3.05) is 6.54 Å². The lowest BCUT2D eigenvalue weighted by Crippen LogP contribution is -2.39. The largest absolute Gasteiger partial charge is 0.443 e. The Labute approximate surface area is 151 Å². The summed E-state index contributed by atoms with van der Waals surface area (Å²) >= 11 is 0. The van der Waals surface area contributed by atoms with Gasteiger partial charge in [-0.05, 0) is 24.8 Å². The molecule has 26 heavy (non-hydrogen) atoms. The normalized spacial score (nSPS) is 17.2. The number of likely N-dealkylation sites (tertiary alicyclic amines) is 1. The zero-order valence-electron chi connectivity index (χ0n) is 14.4. The fourth-order valence-electron chi connectivity index (χ4n) is 3.34. The van der Waals surface area contributed by atoms with Crippen LogP contribution in [0, 0.1) is 0 Å². The molecule has 0 radical (unpaired) electrons. The minimum Gasteiger partial charge on any atom is -0.443 e. The Morgan fingerprint density at radius 1 is 1.12 bits per heavy atom. The van der Waals surface area contributed by atoms with Gasteiger partial charge >= 0.3 is 0 Å². The fraction of sp³-hybridized carbons (Fsp3) is 0.300. The maximum atomic E-state index is 12.8. The zero-order valence-corrected chi connectivity index (χ0v) is 14.4. The highest BCUT2D eigenvalue weighted by molar-refractivity contribution is 5.92. The highest BCUT2D eigenvalue weighted by Crippen LogP contribution is 2.31. The number of hydrogen-bond donors (Lipinski definition) is 0. The smallest absolute Gasteiger partial charge is 0.274 e. The van der Waals surface area contributed by atoms with Crippen LogP contribution in [0.1, 0.15) is 53.0 Å². The number of nitrogens with zero attached hydrogens (tertiary/aromatic N) is 4. The summed E-state index contributed by atoms with van der Waals surface area (Å²) in [6, 6.07) is 9.99. The Morgan fingerprint density at radius 2 is 2.00 bits per heavy atom. The number of piperidine rings is 1. The van der Waals surface area contributed by atoms with Gasteiger partial charge in [-0.25, -0.2) is 9.97 Å². The summed E-state index contributed by atoms with van der Waals surface area (Å²) in [7, 11) is 0. The molecule has 1 aliphatic heterocycles. The van der Waals surface area contributed by atoms with Crippen LogP contribution >= 0.6 is 0 Å². The molecular weight excluding hydrogens is 328 g/mol. The molecule has 0 aliphatic carbocycles. The molecule has 132 valence electrons. The third-order valence-electron chi connectivity index (χ3n) is 4.62. The first-order valence-electron chi connectivity index (χ1n) is 8.87. The second kappa shape index (κ2) is 7.47. The highest BCUT2D eigenvalue weighted by Gasteiger charge is 2.32. The third-order valence-corrected chi connectivity index (χ3v) is 4.62. The van der Waals surface area contributed by atoms with Gasteiger partial charge in [-0.15, -0.1) is 0 Å². The maximum absolute atomic E-state index is 12.8. The second-order valence-corrected chi connectivity index (χ2v) is 6.43. The summed E-state index contributed by atoms with van der Waals surface area (Å²) in [5.41, 5.74) is 1.53. The minimum absolute atomic E-state index is 0.120. The van der Waals surface area contributed by atoms with Crippen molar-refractivity contribution in [3.05, 3.63) is 78.0 Å². The van der Waals surface area contributed by atoms with Crippen molar-refractivity contribution >= 4 is 5.91 Å². The van der Waals surface area contributed by atoms with Crippen LogP contribution in [0.4, 0.5) is 0 Å². The summed E-state index contributed by atoms with van der Waals surface area (Å²) in [5.74, 6) is 1.29. The number of benzene rings is 1. The van der Waals surface area contributed by atoms with E-state index in [1.54, 1.807) is 12.4 Å². The topological polar surface area (TPSA) is 72.1 Å². The van der Waals surface area contributed by atoms with E-state index >= 15 is 0 Å². The number of hydrogen-bond acceptors (Lipinski definition) is 5. The van der Waals surface area contributed by atoms with Crippen LogP contribution in [0.5, 0.6) is 0 Å². The molecule has 2 aromatic heterocycles. The van der Waals surface area contributed by atoms with E-state index in [1.807, 2.05) is 23.1 Å². The Bertz CT molecular complexity index is 864. The Hall–Kier alpha value is -3.02. The first kappa shape index (κ1) is 16.4. The molecule has 4 rings (SSSR count). The fourth-order valence-corrected chi connectivity index (χ4v) is 3.34. The minimum atomic E-state index is -0.150. The van der Waals surface area contributed by atoms with Crippen molar-refractivity contribution in [3.8, 4) is 0 Å². The van der Waals surface area contributed by atoms with Crippen molar-refractivity contribution in [3.63, 3.8) is 0 Å². The number of oxazole rings is 1. The van der Waals surface area contributed by atoms with E-state index in [2.05, 4.69) is 27.1 Å². The molecule has 0 N–H and O–H groups in total. The molecule has 3 heterocycles. The lowest BCUT2D eigenvalue weighted by Gasteiger charge is -2.33. The van der Waals surface area contributed by atoms with Gasteiger partial charge < -0.3 is 9.32 Å². The van der Waals surface area contributed by atoms with Crippen LogP contribution in [-0.2, 0) is 6.42 Å². The number of carbonyl (C=O) groups excluding carboxylic acids is 1. The van der Waals surface area contributed by atoms with E-state index in [0.29, 0.717) is 24.6 Å². The van der Waals surface area contributed by atoms with Gasteiger partial charge in [0.05, 0.1) is 12.4 Å². The van der Waals surface area contributed by atoms with Crippen molar-refractivity contribution in [1.29, 1.82) is 0 Å². The molecule has 1 fully saturated rings. The Balaban J connectivity index is 1.54. The van der Waals surface area contributed by atoms with E-state index in [1.165, 1.54) is 18.0 Å². The first-order chi connectivity index (χ1) is 12.8. The Morgan fingerprint density at radius 3 is 2.81 bits per heavy atom. The van der Waals surface area contributed by atoms with E-state index in [9.17, 15) is 4.79 Å². The van der Waals surface area contributed by atoms with Gasteiger partial charge in [-0.3, -0.25) is 9.78 Å². The number of rotatable bonds is 4. The third kappa shape index (κ3) is 3.49. The summed E-state index contributed by atoms with van der Waals surface area (Å²) in [6.45, 7) is 0.677. The molecule has 1 aliphatic rings. The monoisotopic (exact) mass is 348 g/mol. The van der Waals surface area contributed by atoms with Crippen LogP contribution in [-0.4, -0.2) is 32.3 Å². The van der Waals surface area contributed by atoms with Crippen LogP contribution in [0.3, 0.4) is 0 Å². The van der Waals surface area contributed by atoms with Crippen molar-refractivity contribution in [2.45, 2.75) is 31.7 Å². The van der Waals surface area contributed by atoms with E-state index in [4.69, 9.17) is 4.42 Å². The van der Waals surface area contributed by atoms with Gasteiger partial charge in [-0.2, -0.15) is 0 Å². The van der Waals surface area contributed by atoms with E-state index < -0.39 is 0 Å². The zero-order chi connectivity index (χ0) is 17.8. The molecule has 0 bridgehead atoms. The standard InChI is InChI=1S/C20H20N4O2/c25-20(17-14-21-9-10-22-17)24-11-5-4-8-18(24)19-23-13-16(26-19)12-15-6-2-1-3-7-15/h1-3,6-7,9-10,13-14,18H,4-5,8,11-12H2/t18-/m0/s1. The quantitative estimate of drug-likeness (QED) is 0.722. The predicted octanol–water partition coefficient (Wildman–Crippen LogP) is 3.42. The van der Waals surface area contributed by atoms with Crippen LogP contribution < -0.4 is 0 Å². The summed E-state index contributed by atoms with van der Waals surface area (Å²) in [6.07, 6.45) is 9.93. The van der Waals surface area contributed by atoms with Crippen molar-refractivity contribution in [2.24, 2.45) is 0 Å².